The van der Waals surface area contributed by atoms with Crippen LogP contribution in [0, 0.1) is 26.1 Å². The lowest BCUT2D eigenvalue weighted by Gasteiger charge is -2.22. The van der Waals surface area contributed by atoms with Gasteiger partial charge in [0.15, 0.2) is 0 Å². The number of phenols is 1. The molecule has 0 saturated heterocycles. The number of carbonyl (C=O) groups is 6. The molecule has 450 valence electrons. The summed E-state index contributed by atoms with van der Waals surface area (Å²) in [5.41, 5.74) is 9.10. The number of phenolic OH excluding ortho intramolecular Hbond substituents is 1. The third-order valence-corrected chi connectivity index (χ3v) is 12.8. The van der Waals surface area contributed by atoms with Crippen LogP contribution in [-0.2, 0) is 53.0 Å². The maximum absolute atomic E-state index is 13.2. The van der Waals surface area contributed by atoms with Gasteiger partial charge in [-0.15, -0.1) is 5.10 Å². The Kier molecular flexibility index (Phi) is 29.7. The number of hydrazine groups is 2. The second-order valence-electron chi connectivity index (χ2n) is 17.7. The minimum absolute atomic E-state index is 0.0122. The Hall–Kier alpha value is -8.65. The van der Waals surface area contributed by atoms with Crippen LogP contribution in [0.4, 0.5) is 26.7 Å². The lowest BCUT2D eigenvalue weighted by Crippen LogP contribution is -2.31. The number of esters is 1. The van der Waals surface area contributed by atoms with E-state index in [2.05, 4.69) is 52.0 Å². The van der Waals surface area contributed by atoms with Gasteiger partial charge in [0.1, 0.15) is 34.6 Å². The first kappa shape index (κ1) is 68.6. The Morgan fingerprint density at radius 2 is 1.57 bits per heavy atom. The normalized spacial score (nSPS) is 11.1. The van der Waals surface area contributed by atoms with Crippen LogP contribution in [-0.4, -0.2) is 147 Å². The second-order valence-corrected chi connectivity index (χ2v) is 19.6. The van der Waals surface area contributed by atoms with Gasteiger partial charge >= 0.3 is 12.1 Å². The van der Waals surface area contributed by atoms with E-state index in [1.807, 2.05) is 13.8 Å². The number of amides is 4. The van der Waals surface area contributed by atoms with Crippen molar-refractivity contribution in [2.75, 3.05) is 72.4 Å². The van der Waals surface area contributed by atoms with Gasteiger partial charge in [-0.25, -0.2) is 9.48 Å². The van der Waals surface area contributed by atoms with Gasteiger partial charge in [-0.3, -0.25) is 54.9 Å². The molecule has 0 saturated carbocycles. The molecule has 0 atom stereocenters. The average molecular weight is 1200 g/mol. The molecule has 29 nitrogen and oxygen atoms in total. The zero-order chi connectivity index (χ0) is 61.6. The Morgan fingerprint density at radius 3 is 2.17 bits per heavy atom. The highest BCUT2D eigenvalue weighted by Gasteiger charge is 2.25. The zero-order valence-electron chi connectivity index (χ0n) is 47.5. The van der Waals surface area contributed by atoms with E-state index >= 15 is 0 Å². The first-order valence-electron chi connectivity index (χ1n) is 25.3. The summed E-state index contributed by atoms with van der Waals surface area (Å²) in [5, 5.41) is 51.1. The molecule has 0 aliphatic carbocycles. The maximum Gasteiger partial charge on any atom is 0.411 e. The molecule has 0 unspecified atom stereocenters. The van der Waals surface area contributed by atoms with Gasteiger partial charge in [0.25, 0.3) is 22.5 Å². The smallest absolute Gasteiger partial charge is 0.411 e. The number of ether oxygens (including phenoxy) is 5. The number of nitro groups is 2. The summed E-state index contributed by atoms with van der Waals surface area (Å²) < 4.78 is 26.6. The Labute approximate surface area is 486 Å². The second kappa shape index (κ2) is 35.9. The topological polar surface area (TPSA) is 365 Å². The maximum atomic E-state index is 13.2. The minimum Gasteiger partial charge on any atom is -0.506 e. The van der Waals surface area contributed by atoms with Crippen molar-refractivity contribution in [1.29, 1.82) is 0 Å². The van der Waals surface area contributed by atoms with Crippen LogP contribution >= 0.6 is 23.5 Å². The number of aromatic hydroxyl groups is 1. The summed E-state index contributed by atoms with van der Waals surface area (Å²) in [6.45, 7) is 11.9. The molecule has 0 fully saturated rings. The van der Waals surface area contributed by atoms with Gasteiger partial charge in [-0.2, -0.15) is 5.53 Å². The van der Waals surface area contributed by atoms with E-state index in [9.17, 15) is 54.1 Å². The number of benzene rings is 4. The highest BCUT2D eigenvalue weighted by atomic mass is 32.2. The van der Waals surface area contributed by atoms with E-state index in [1.165, 1.54) is 72.0 Å². The van der Waals surface area contributed by atoms with Gasteiger partial charge in [0.05, 0.1) is 46.0 Å². The summed E-state index contributed by atoms with van der Waals surface area (Å²) in [7, 11) is 6.04. The molecular weight excluding hydrogens is 1130 g/mol. The molecule has 1 aliphatic heterocycles. The number of rotatable bonds is 24. The molecule has 6 N–H and O–H groups in total. The van der Waals surface area contributed by atoms with Crippen molar-refractivity contribution < 1.29 is 67.4 Å². The number of non-ortho nitro benzene ring substituents is 2. The molecule has 0 bridgehead atoms. The van der Waals surface area contributed by atoms with Gasteiger partial charge in [-0.05, 0) is 67.3 Å². The summed E-state index contributed by atoms with van der Waals surface area (Å²) in [6.07, 6.45) is 1.59. The average Bonchev–Trinajstić information content (AvgIpc) is 2.97. The van der Waals surface area contributed by atoms with E-state index < -0.39 is 27.8 Å². The van der Waals surface area contributed by atoms with Crippen LogP contribution in [0.5, 0.6) is 17.2 Å². The number of thioether (sulfide) groups is 2. The first-order valence-corrected chi connectivity index (χ1v) is 27.1. The van der Waals surface area contributed by atoms with Crippen LogP contribution in [0.2, 0.25) is 0 Å². The van der Waals surface area contributed by atoms with Gasteiger partial charge in [0, 0.05) is 121 Å². The van der Waals surface area contributed by atoms with Crippen molar-refractivity contribution >= 4 is 86.3 Å². The number of nitro benzene ring substituents is 2. The molecule has 0 spiro atoms. The number of nitrogens with zero attached hydrogens (tertiary/aromatic N) is 8. The molecule has 1 aliphatic rings. The predicted molar refractivity (Wildman–Crippen MR) is 308 cm³/mol. The van der Waals surface area contributed by atoms with Crippen molar-refractivity contribution in [1.82, 2.24) is 51.7 Å². The van der Waals surface area contributed by atoms with Crippen molar-refractivity contribution in [3.63, 3.8) is 0 Å². The number of Topliss-reactive ketones (excluding diaryl/α,β-unsaturated/α-hetero) is 1. The highest BCUT2D eigenvalue weighted by molar-refractivity contribution is 8.13. The summed E-state index contributed by atoms with van der Waals surface area (Å²) in [6, 6.07) is 16.1. The molecule has 5 aromatic rings. The van der Waals surface area contributed by atoms with Gasteiger partial charge in [0.2, 0.25) is 11.1 Å². The number of anilines is 1. The monoisotopic (exact) mass is 1200 g/mol. The van der Waals surface area contributed by atoms with Crippen LogP contribution in [0.3, 0.4) is 0 Å². The molecule has 1 aromatic heterocycles. The summed E-state index contributed by atoms with van der Waals surface area (Å²) >= 11 is 2.23. The van der Waals surface area contributed by atoms with Crippen LogP contribution < -0.4 is 31.8 Å². The molecule has 83 heavy (non-hydrogen) atoms. The van der Waals surface area contributed by atoms with Crippen molar-refractivity contribution in [3.8, 4) is 17.2 Å². The lowest BCUT2D eigenvalue weighted by atomic mass is 10.0. The number of tetrazole rings is 1. The van der Waals surface area contributed by atoms with Crippen LogP contribution in [0.25, 0.3) is 10.8 Å². The quantitative estimate of drug-likeness (QED) is 0.0118. The van der Waals surface area contributed by atoms with Crippen molar-refractivity contribution in [2.45, 2.75) is 72.8 Å². The van der Waals surface area contributed by atoms with Crippen molar-refractivity contribution in [2.24, 2.45) is 5.92 Å². The van der Waals surface area contributed by atoms with E-state index in [-0.39, 0.29) is 111 Å². The SMILES string of the molecule is CC(=O)CSC1=CNNN1.CCN(Cc1cc([N+](=O)[O-])ccc1Oc1cc(C(=O)NCCCOC)c(O)c2cccc(NC(=O)OCC(C)C)c12)C(C)=O.CCN(Cc1cccc([N+](=O)[O-])c1)C(=O)Sc1nnnn1CC(=O)OC.COC. The molecule has 4 amide bonds. The fraction of sp³-hybridized carbons (Fsp3) is 0.404. The molecular formula is C52H69N13O16S2. The predicted octanol–water partition coefficient (Wildman–Crippen LogP) is 7.06. The number of aromatic nitrogens is 4. The van der Waals surface area contributed by atoms with Gasteiger partial charge in [-0.1, -0.05) is 49.9 Å². The van der Waals surface area contributed by atoms with E-state index in [4.69, 9.17) is 14.2 Å². The number of carbonyl (C=O) groups excluding carboxylic acids is 6. The third-order valence-electron chi connectivity index (χ3n) is 10.8. The number of nitrogens with one attached hydrogen (secondary N) is 5. The number of methoxy groups -OCH3 is 3. The van der Waals surface area contributed by atoms with Crippen LogP contribution in [0.15, 0.2) is 83.1 Å². The first-order chi connectivity index (χ1) is 39.6. The molecule has 2 heterocycles. The lowest BCUT2D eigenvalue weighted by molar-refractivity contribution is -0.385. The fourth-order valence-corrected chi connectivity index (χ4v) is 8.24. The largest absolute Gasteiger partial charge is 0.506 e. The number of fused-ring (bicyclic) bond motifs is 1. The van der Waals surface area contributed by atoms with Crippen LogP contribution in [0.1, 0.15) is 69.4 Å². The summed E-state index contributed by atoms with van der Waals surface area (Å²) in [4.78, 5) is 96.7. The minimum atomic E-state index is -0.729. The fourth-order valence-electron chi connectivity index (χ4n) is 6.85. The Morgan fingerprint density at radius 1 is 0.880 bits per heavy atom. The standard InChI is InChI=1S/C31H38N4O9.C14H16N6O5S.C5H9N3OS.C2H6O/c1-6-34(20(4)36)17-21-15-22(35(40)41)11-12-26(21)44-27-16-24(30(38)32-13-8-14-42-5)29(37)23-9-7-10-25(28(23)27)33-31(39)43-18-19(2)3;1-3-18(8-10-5-4-6-11(7-10)20(23)24)14(22)26-13-15-16-17-19(13)9-12(21)25-2;1-4(9)3-10-5-2-6-8-7-5;1-3-2/h7,9-12,15-16,19,37H,6,8,13-14,17-18H2,1-5H3,(H,32,38)(H,33,39);4-7H,3,8-9H2,1-2H3;2,6-8H,3H2,1H3;1-2H3. The highest BCUT2D eigenvalue weighted by Crippen LogP contribution is 2.43. The van der Waals surface area contributed by atoms with Crippen molar-refractivity contribution in [3.05, 3.63) is 115 Å². The Bertz CT molecular complexity index is 3050. The third kappa shape index (κ3) is 23.0. The Balaban J connectivity index is 0.000000386. The number of hydrogen-bond acceptors (Lipinski definition) is 24. The molecule has 4 aromatic carbocycles. The van der Waals surface area contributed by atoms with E-state index in [1.54, 1.807) is 78.6 Å². The number of hydrogen-bond donors (Lipinski definition) is 6. The zero-order valence-corrected chi connectivity index (χ0v) is 49.2. The molecule has 0 radical (unpaired) electrons. The van der Waals surface area contributed by atoms with E-state index in [0.717, 1.165) is 21.5 Å². The summed E-state index contributed by atoms with van der Waals surface area (Å²) in [5.74, 6) is -0.659. The van der Waals surface area contributed by atoms with Gasteiger partial charge < -0.3 is 49.3 Å². The molecule has 31 heteroatoms. The number of ketones is 1. The molecule has 6 rings (SSSR count). The van der Waals surface area contributed by atoms with E-state index in [0.29, 0.717) is 43.0 Å².